The van der Waals surface area contributed by atoms with Gasteiger partial charge in [0.05, 0.1) is 6.10 Å². The third-order valence-electron chi connectivity index (χ3n) is 2.42. The third kappa shape index (κ3) is 1.73. The van der Waals surface area contributed by atoms with Gasteiger partial charge >= 0.3 is 5.69 Å². The van der Waals surface area contributed by atoms with Gasteiger partial charge in [0.15, 0.2) is 11.2 Å². The van der Waals surface area contributed by atoms with E-state index in [1.54, 1.807) is 18.7 Å². The van der Waals surface area contributed by atoms with Crippen LogP contribution in [0, 0.1) is 0 Å². The van der Waals surface area contributed by atoms with Crippen molar-refractivity contribution in [2.75, 3.05) is 0 Å². The number of hydrogen-bond acceptors (Lipinski definition) is 4. The van der Waals surface area contributed by atoms with E-state index in [0.717, 1.165) is 0 Å². The lowest BCUT2D eigenvalue weighted by Gasteiger charge is -2.08. The average Bonchev–Trinajstić information content (AvgIpc) is 2.53. The smallest absolute Gasteiger partial charge is 0.329 e. The Bertz CT molecular complexity index is 677. The van der Waals surface area contributed by atoms with Crippen LogP contribution in [0.4, 0.5) is 0 Å². The number of aryl methyl sites for hydroxylation is 2. The molecule has 2 rings (SSSR count). The van der Waals surface area contributed by atoms with E-state index in [1.165, 1.54) is 4.57 Å². The number of hydrogen-bond donors (Lipinski definition) is 1. The summed E-state index contributed by atoms with van der Waals surface area (Å²) in [5, 5.41) is 0. The standard InChI is InChI=1S/C10H14N4O3/c1-5(2)17-10-11-6-7(15)12-9(16)13(3)8(6)14(10)4/h5H,1-4H3,(H,12,15,16). The second kappa shape index (κ2) is 3.76. The van der Waals surface area contributed by atoms with Gasteiger partial charge in [0.1, 0.15) is 0 Å². The predicted molar refractivity (Wildman–Crippen MR) is 62.3 cm³/mol. The van der Waals surface area contributed by atoms with Gasteiger partial charge in [0.25, 0.3) is 11.6 Å². The Morgan fingerprint density at radius 2 is 1.88 bits per heavy atom. The molecular weight excluding hydrogens is 224 g/mol. The van der Waals surface area contributed by atoms with Crippen molar-refractivity contribution >= 4 is 11.2 Å². The Hall–Kier alpha value is -2.05. The number of fused-ring (bicyclic) bond motifs is 1. The van der Waals surface area contributed by atoms with Gasteiger partial charge in [-0.3, -0.25) is 18.9 Å². The highest BCUT2D eigenvalue weighted by molar-refractivity contribution is 5.71. The SMILES string of the molecule is CC(C)Oc1nc2c(=O)[nH]c(=O)n(C)c2n1C. The molecule has 0 aliphatic carbocycles. The molecule has 7 nitrogen and oxygen atoms in total. The summed E-state index contributed by atoms with van der Waals surface area (Å²) in [5.74, 6) is 0. The number of nitrogens with zero attached hydrogens (tertiary/aromatic N) is 3. The summed E-state index contributed by atoms with van der Waals surface area (Å²) in [5.41, 5.74) is -0.335. The predicted octanol–water partition coefficient (Wildman–Crippen LogP) is -0.253. The molecule has 2 aromatic rings. The zero-order valence-electron chi connectivity index (χ0n) is 10.1. The zero-order valence-corrected chi connectivity index (χ0v) is 10.1. The molecule has 2 heterocycles. The third-order valence-corrected chi connectivity index (χ3v) is 2.42. The van der Waals surface area contributed by atoms with Gasteiger partial charge < -0.3 is 4.74 Å². The fourth-order valence-corrected chi connectivity index (χ4v) is 1.66. The monoisotopic (exact) mass is 238 g/mol. The molecule has 0 aliphatic heterocycles. The first-order valence-electron chi connectivity index (χ1n) is 5.24. The Labute approximate surface area is 96.7 Å². The molecule has 0 aromatic carbocycles. The summed E-state index contributed by atoms with van der Waals surface area (Å²) in [6.45, 7) is 3.73. The summed E-state index contributed by atoms with van der Waals surface area (Å²) in [7, 11) is 3.27. The molecule has 0 bridgehead atoms. The first kappa shape index (κ1) is 11.4. The first-order chi connectivity index (χ1) is 7.91. The quantitative estimate of drug-likeness (QED) is 0.782. The molecule has 0 saturated carbocycles. The fraction of sp³-hybridized carbons (Fsp3) is 0.500. The van der Waals surface area contributed by atoms with Crippen LogP contribution >= 0.6 is 0 Å². The number of H-pyrrole nitrogens is 1. The van der Waals surface area contributed by atoms with Crippen molar-refractivity contribution in [3.05, 3.63) is 20.8 Å². The van der Waals surface area contributed by atoms with Crippen LogP contribution in [0.2, 0.25) is 0 Å². The summed E-state index contributed by atoms with van der Waals surface area (Å²) >= 11 is 0. The average molecular weight is 238 g/mol. The maximum atomic E-state index is 11.6. The number of imidazole rings is 1. The van der Waals surface area contributed by atoms with Crippen LogP contribution in [-0.2, 0) is 14.1 Å². The molecule has 7 heteroatoms. The Morgan fingerprint density at radius 3 is 2.47 bits per heavy atom. The fourth-order valence-electron chi connectivity index (χ4n) is 1.66. The molecule has 0 fully saturated rings. The summed E-state index contributed by atoms with van der Waals surface area (Å²) < 4.78 is 8.38. The molecule has 0 unspecified atom stereocenters. The normalized spacial score (nSPS) is 11.4. The van der Waals surface area contributed by atoms with E-state index in [9.17, 15) is 9.59 Å². The molecule has 0 atom stereocenters. The van der Waals surface area contributed by atoms with Crippen molar-refractivity contribution in [1.82, 2.24) is 19.1 Å². The van der Waals surface area contributed by atoms with E-state index in [4.69, 9.17) is 4.74 Å². The highest BCUT2D eigenvalue weighted by atomic mass is 16.5. The second-order valence-corrected chi connectivity index (χ2v) is 4.11. The van der Waals surface area contributed by atoms with Crippen LogP contribution < -0.4 is 16.0 Å². The molecular formula is C10H14N4O3. The van der Waals surface area contributed by atoms with Crippen molar-refractivity contribution in [2.24, 2.45) is 14.1 Å². The maximum absolute atomic E-state index is 11.6. The molecule has 2 aromatic heterocycles. The van der Waals surface area contributed by atoms with Crippen LogP contribution in [-0.4, -0.2) is 25.2 Å². The molecule has 92 valence electrons. The van der Waals surface area contributed by atoms with Gasteiger partial charge in [-0.05, 0) is 13.8 Å². The van der Waals surface area contributed by atoms with Crippen LogP contribution in [0.25, 0.3) is 11.2 Å². The van der Waals surface area contributed by atoms with E-state index in [1.807, 2.05) is 13.8 Å². The van der Waals surface area contributed by atoms with Crippen molar-refractivity contribution in [3.8, 4) is 6.01 Å². The van der Waals surface area contributed by atoms with Gasteiger partial charge in [-0.2, -0.15) is 4.98 Å². The van der Waals surface area contributed by atoms with E-state index in [-0.39, 0.29) is 11.6 Å². The lowest BCUT2D eigenvalue weighted by Crippen LogP contribution is -2.29. The highest BCUT2D eigenvalue weighted by Gasteiger charge is 2.16. The number of ether oxygens (including phenoxy) is 1. The Morgan fingerprint density at radius 1 is 1.24 bits per heavy atom. The molecule has 0 amide bonds. The van der Waals surface area contributed by atoms with Crippen LogP contribution in [0.15, 0.2) is 9.59 Å². The van der Waals surface area contributed by atoms with Crippen LogP contribution in [0.3, 0.4) is 0 Å². The van der Waals surface area contributed by atoms with Crippen molar-refractivity contribution in [1.29, 1.82) is 0 Å². The maximum Gasteiger partial charge on any atom is 0.329 e. The minimum absolute atomic E-state index is 0.0541. The largest absolute Gasteiger partial charge is 0.462 e. The summed E-state index contributed by atoms with van der Waals surface area (Å²) in [6, 6.07) is 0.321. The van der Waals surface area contributed by atoms with Gasteiger partial charge in [-0.1, -0.05) is 0 Å². The number of rotatable bonds is 2. The van der Waals surface area contributed by atoms with Crippen molar-refractivity contribution in [3.63, 3.8) is 0 Å². The molecule has 1 N–H and O–H groups in total. The molecule has 0 saturated heterocycles. The number of aromatic nitrogens is 4. The molecule has 0 radical (unpaired) electrons. The zero-order chi connectivity index (χ0) is 12.7. The van der Waals surface area contributed by atoms with Crippen molar-refractivity contribution < 1.29 is 4.74 Å². The summed E-state index contributed by atoms with van der Waals surface area (Å²) in [6.07, 6.45) is -0.0541. The van der Waals surface area contributed by atoms with Crippen LogP contribution in [0.5, 0.6) is 6.01 Å². The van der Waals surface area contributed by atoms with E-state index in [0.29, 0.717) is 11.7 Å². The second-order valence-electron chi connectivity index (χ2n) is 4.11. The number of aromatic amines is 1. The van der Waals surface area contributed by atoms with Gasteiger partial charge in [-0.25, -0.2) is 4.79 Å². The minimum Gasteiger partial charge on any atom is -0.462 e. The minimum atomic E-state index is -0.502. The van der Waals surface area contributed by atoms with E-state index < -0.39 is 11.2 Å². The van der Waals surface area contributed by atoms with Gasteiger partial charge in [0, 0.05) is 14.1 Å². The Balaban J connectivity index is 2.82. The Kier molecular flexibility index (Phi) is 2.53. The topological polar surface area (TPSA) is 81.9 Å². The van der Waals surface area contributed by atoms with E-state index in [2.05, 4.69) is 9.97 Å². The molecule has 0 spiro atoms. The number of nitrogens with one attached hydrogen (secondary N) is 1. The van der Waals surface area contributed by atoms with Gasteiger partial charge in [0.2, 0.25) is 0 Å². The van der Waals surface area contributed by atoms with Crippen molar-refractivity contribution in [2.45, 2.75) is 20.0 Å². The first-order valence-corrected chi connectivity index (χ1v) is 5.24. The lowest BCUT2D eigenvalue weighted by molar-refractivity contribution is 0.216. The lowest BCUT2D eigenvalue weighted by atomic mass is 10.5. The molecule has 0 aliphatic rings. The van der Waals surface area contributed by atoms with Crippen LogP contribution in [0.1, 0.15) is 13.8 Å². The van der Waals surface area contributed by atoms with E-state index >= 15 is 0 Å². The summed E-state index contributed by atoms with van der Waals surface area (Å²) in [4.78, 5) is 29.4. The highest BCUT2D eigenvalue weighted by Crippen LogP contribution is 2.16. The van der Waals surface area contributed by atoms with Gasteiger partial charge in [-0.15, -0.1) is 0 Å². The molecule has 17 heavy (non-hydrogen) atoms.